The van der Waals surface area contributed by atoms with E-state index in [0.29, 0.717) is 28.5 Å². The number of hydrogen-bond donors (Lipinski definition) is 3. The summed E-state index contributed by atoms with van der Waals surface area (Å²) in [5.41, 5.74) is 15.4. The van der Waals surface area contributed by atoms with Gasteiger partial charge in [0.2, 0.25) is 0 Å². The number of anilines is 1. The number of piperidine rings is 1. The number of piperazine rings is 1. The van der Waals surface area contributed by atoms with E-state index in [1.807, 2.05) is 19.1 Å². The second-order valence-corrected chi connectivity index (χ2v) is 10.1. The average molecular weight is 497 g/mol. The first-order valence-electron chi connectivity index (χ1n) is 12.4. The van der Waals surface area contributed by atoms with Gasteiger partial charge in [-0.15, -0.1) is 0 Å². The maximum atomic E-state index is 7.89. The van der Waals surface area contributed by atoms with Crippen molar-refractivity contribution in [2.75, 3.05) is 37.6 Å². The Labute approximate surface area is 213 Å². The van der Waals surface area contributed by atoms with Gasteiger partial charge in [-0.25, -0.2) is 9.97 Å². The molecule has 4 rings (SSSR count). The number of nitrogens with two attached hydrogens (primary N) is 2. The SMILES string of the molecule is C=C(N)c1cnc(N2CCN(C3CCN(Cc4ccc(Cl)cc4C(=N)N)CC3)C(CC)C2)c(C)n1. The molecule has 2 saturated heterocycles. The van der Waals surface area contributed by atoms with Gasteiger partial charge in [0.1, 0.15) is 17.3 Å². The van der Waals surface area contributed by atoms with Crippen LogP contribution in [0.2, 0.25) is 5.02 Å². The van der Waals surface area contributed by atoms with Gasteiger partial charge >= 0.3 is 0 Å². The van der Waals surface area contributed by atoms with Crippen molar-refractivity contribution >= 4 is 29.0 Å². The van der Waals surface area contributed by atoms with E-state index < -0.39 is 0 Å². The molecule has 1 aromatic heterocycles. The van der Waals surface area contributed by atoms with Crippen LogP contribution >= 0.6 is 11.6 Å². The predicted octanol–water partition coefficient (Wildman–Crippen LogP) is 3.22. The van der Waals surface area contributed by atoms with Crippen molar-refractivity contribution in [3.63, 3.8) is 0 Å². The molecule has 2 fully saturated rings. The van der Waals surface area contributed by atoms with Crippen LogP contribution in [0.5, 0.6) is 0 Å². The van der Waals surface area contributed by atoms with Crippen LogP contribution in [0.15, 0.2) is 31.0 Å². The van der Waals surface area contributed by atoms with E-state index in [9.17, 15) is 0 Å². The number of nitrogen functional groups attached to an aromatic ring is 1. The van der Waals surface area contributed by atoms with Gasteiger partial charge in [-0.2, -0.15) is 0 Å². The molecule has 1 unspecified atom stereocenters. The summed E-state index contributed by atoms with van der Waals surface area (Å²) in [4.78, 5) is 16.8. The Kier molecular flexibility index (Phi) is 7.94. The first-order valence-corrected chi connectivity index (χ1v) is 12.8. The molecule has 35 heavy (non-hydrogen) atoms. The predicted molar refractivity (Wildman–Crippen MR) is 144 cm³/mol. The summed E-state index contributed by atoms with van der Waals surface area (Å²) >= 11 is 6.12. The third-order valence-corrected chi connectivity index (χ3v) is 7.57. The summed E-state index contributed by atoms with van der Waals surface area (Å²) in [5.74, 6) is 1.02. The normalized spacial score (nSPS) is 20.2. The van der Waals surface area contributed by atoms with Gasteiger partial charge in [0, 0.05) is 48.8 Å². The Hall–Kier alpha value is -2.68. The average Bonchev–Trinajstić information content (AvgIpc) is 2.85. The number of amidine groups is 1. The number of aryl methyl sites for hydroxylation is 1. The molecule has 0 bridgehead atoms. The molecule has 2 aromatic rings. The monoisotopic (exact) mass is 496 g/mol. The number of benzene rings is 1. The Morgan fingerprint density at radius 3 is 2.57 bits per heavy atom. The fourth-order valence-corrected chi connectivity index (χ4v) is 5.61. The molecule has 188 valence electrons. The quantitative estimate of drug-likeness (QED) is 0.398. The van der Waals surface area contributed by atoms with Gasteiger partial charge in [0.15, 0.2) is 0 Å². The van der Waals surface area contributed by atoms with Crippen molar-refractivity contribution in [1.29, 1.82) is 5.41 Å². The first kappa shape index (κ1) is 25.4. The van der Waals surface area contributed by atoms with Crippen LogP contribution in [0.25, 0.3) is 5.70 Å². The maximum absolute atomic E-state index is 7.89. The van der Waals surface area contributed by atoms with E-state index in [2.05, 4.69) is 38.2 Å². The number of nitrogens with zero attached hydrogens (tertiary/aromatic N) is 5. The lowest BCUT2D eigenvalue weighted by atomic mass is 9.97. The van der Waals surface area contributed by atoms with E-state index >= 15 is 0 Å². The second kappa shape index (κ2) is 10.9. The van der Waals surface area contributed by atoms with Crippen LogP contribution in [-0.4, -0.2) is 70.4 Å². The molecule has 0 spiro atoms. The lowest BCUT2D eigenvalue weighted by molar-refractivity contribution is 0.0610. The van der Waals surface area contributed by atoms with E-state index in [4.69, 9.17) is 28.5 Å². The molecule has 2 aliphatic heterocycles. The minimum Gasteiger partial charge on any atom is -0.397 e. The van der Waals surface area contributed by atoms with Gasteiger partial charge in [0.05, 0.1) is 17.6 Å². The fraction of sp³-hybridized carbons (Fsp3) is 0.500. The highest BCUT2D eigenvalue weighted by Gasteiger charge is 2.34. The minimum absolute atomic E-state index is 0.0728. The van der Waals surface area contributed by atoms with E-state index in [1.165, 1.54) is 0 Å². The summed E-state index contributed by atoms with van der Waals surface area (Å²) in [7, 11) is 0. The molecule has 1 atom stereocenters. The summed E-state index contributed by atoms with van der Waals surface area (Å²) in [6, 6.07) is 6.76. The van der Waals surface area contributed by atoms with Crippen molar-refractivity contribution in [2.45, 2.75) is 51.7 Å². The lowest BCUT2D eigenvalue weighted by Crippen LogP contribution is -2.58. The third kappa shape index (κ3) is 5.77. The highest BCUT2D eigenvalue weighted by atomic mass is 35.5. The number of aromatic nitrogens is 2. The number of nitrogens with one attached hydrogen (secondary N) is 1. The zero-order valence-corrected chi connectivity index (χ0v) is 21.6. The topological polar surface area (TPSA) is 111 Å². The van der Waals surface area contributed by atoms with Gasteiger partial charge in [-0.3, -0.25) is 15.2 Å². The first-order chi connectivity index (χ1) is 16.8. The van der Waals surface area contributed by atoms with Gasteiger partial charge in [-0.05, 0) is 57.0 Å². The zero-order chi connectivity index (χ0) is 25.1. The fourth-order valence-electron chi connectivity index (χ4n) is 5.43. The largest absolute Gasteiger partial charge is 0.397 e. The number of rotatable bonds is 7. The molecule has 1 aromatic carbocycles. The smallest absolute Gasteiger partial charge is 0.150 e. The number of likely N-dealkylation sites (tertiary alicyclic amines) is 1. The highest BCUT2D eigenvalue weighted by molar-refractivity contribution is 6.31. The van der Waals surface area contributed by atoms with Crippen LogP contribution in [0.3, 0.4) is 0 Å². The van der Waals surface area contributed by atoms with Crippen molar-refractivity contribution in [3.8, 4) is 0 Å². The van der Waals surface area contributed by atoms with Crippen LogP contribution in [0.4, 0.5) is 5.82 Å². The molecule has 2 aliphatic rings. The van der Waals surface area contributed by atoms with Gasteiger partial charge in [0.25, 0.3) is 0 Å². The maximum Gasteiger partial charge on any atom is 0.150 e. The summed E-state index contributed by atoms with van der Waals surface area (Å²) < 4.78 is 0. The third-order valence-electron chi connectivity index (χ3n) is 7.33. The van der Waals surface area contributed by atoms with E-state index in [0.717, 1.165) is 81.2 Å². The van der Waals surface area contributed by atoms with Crippen molar-refractivity contribution < 1.29 is 0 Å². The van der Waals surface area contributed by atoms with Gasteiger partial charge < -0.3 is 16.4 Å². The van der Waals surface area contributed by atoms with Crippen molar-refractivity contribution in [2.24, 2.45) is 11.5 Å². The molecule has 3 heterocycles. The Morgan fingerprint density at radius 1 is 1.20 bits per heavy atom. The standard InChI is InChI=1S/C26H37ClN8/c1-4-21-16-34(26-18(3)32-24(14-31-26)17(2)28)11-12-35(21)22-7-9-33(10-8-22)15-19-5-6-20(27)13-23(19)25(29)30/h5-6,13-14,21-22H,2,4,7-12,15-16,28H2,1,3H3,(H3,29,30). The summed E-state index contributed by atoms with van der Waals surface area (Å²) in [5, 5.41) is 8.51. The lowest BCUT2D eigenvalue weighted by Gasteiger charge is -2.48. The number of hydrogen-bond acceptors (Lipinski definition) is 7. The second-order valence-electron chi connectivity index (χ2n) is 9.66. The molecule has 0 saturated carbocycles. The zero-order valence-electron chi connectivity index (χ0n) is 20.8. The molecule has 0 amide bonds. The molecular formula is C26H37ClN8. The van der Waals surface area contributed by atoms with E-state index in [1.54, 1.807) is 12.3 Å². The van der Waals surface area contributed by atoms with Crippen LogP contribution in [-0.2, 0) is 6.54 Å². The highest BCUT2D eigenvalue weighted by Crippen LogP contribution is 2.27. The van der Waals surface area contributed by atoms with Gasteiger partial charge in [-0.1, -0.05) is 31.2 Å². The minimum atomic E-state index is 0.0728. The molecule has 5 N–H and O–H groups in total. The Bertz CT molecular complexity index is 1080. The van der Waals surface area contributed by atoms with Crippen molar-refractivity contribution in [3.05, 3.63) is 58.5 Å². The molecule has 8 nitrogen and oxygen atoms in total. The number of halogens is 1. The Balaban J connectivity index is 1.36. The van der Waals surface area contributed by atoms with Crippen molar-refractivity contribution in [1.82, 2.24) is 19.8 Å². The molecule has 0 radical (unpaired) electrons. The Morgan fingerprint density at radius 2 is 1.94 bits per heavy atom. The van der Waals surface area contributed by atoms with E-state index in [-0.39, 0.29) is 5.84 Å². The summed E-state index contributed by atoms with van der Waals surface area (Å²) in [6.07, 6.45) is 5.12. The molecular weight excluding hydrogens is 460 g/mol. The molecule has 9 heteroatoms. The van der Waals surface area contributed by atoms with Crippen LogP contribution in [0.1, 0.15) is 48.7 Å². The summed E-state index contributed by atoms with van der Waals surface area (Å²) in [6.45, 7) is 13.9. The van der Waals surface area contributed by atoms with Crippen LogP contribution < -0.4 is 16.4 Å². The molecule has 0 aliphatic carbocycles. The van der Waals surface area contributed by atoms with Crippen LogP contribution in [0, 0.1) is 12.3 Å².